The highest BCUT2D eigenvalue weighted by Crippen LogP contribution is 2.44. The number of carboxylic acid groups (broad SMARTS) is 1. The average Bonchev–Trinajstić information content (AvgIpc) is 3.44. The number of hydrogen-bond donors (Lipinski definition) is 3. The minimum atomic E-state index is -0.881. The van der Waals surface area contributed by atoms with Crippen molar-refractivity contribution in [2.45, 2.75) is 45.4 Å². The maximum atomic E-state index is 12.7. The van der Waals surface area contributed by atoms with Crippen LogP contribution in [0.3, 0.4) is 0 Å². The van der Waals surface area contributed by atoms with Crippen LogP contribution in [0.15, 0.2) is 48.5 Å². The normalized spacial score (nSPS) is 19.0. The third-order valence-electron chi connectivity index (χ3n) is 7.48. The lowest BCUT2D eigenvalue weighted by molar-refractivity contribution is -0.147. The van der Waals surface area contributed by atoms with Crippen LogP contribution in [-0.2, 0) is 14.3 Å². The molecule has 35 heavy (non-hydrogen) atoms. The van der Waals surface area contributed by atoms with E-state index in [1.807, 2.05) is 24.3 Å². The fourth-order valence-corrected chi connectivity index (χ4v) is 5.23. The van der Waals surface area contributed by atoms with E-state index < -0.39 is 17.5 Å². The van der Waals surface area contributed by atoms with Crippen LogP contribution in [0.5, 0.6) is 0 Å². The van der Waals surface area contributed by atoms with Crippen LogP contribution in [0.4, 0.5) is 4.79 Å². The van der Waals surface area contributed by atoms with Gasteiger partial charge < -0.3 is 20.5 Å². The van der Waals surface area contributed by atoms with Crippen molar-refractivity contribution in [3.05, 3.63) is 59.7 Å². The van der Waals surface area contributed by atoms with Gasteiger partial charge in [0.2, 0.25) is 5.91 Å². The number of aliphatic carboxylic acids is 1. The molecular formula is C28H34N2O5. The third kappa shape index (κ3) is 5.50. The van der Waals surface area contributed by atoms with Crippen LogP contribution in [0.1, 0.15) is 56.6 Å². The zero-order valence-corrected chi connectivity index (χ0v) is 20.4. The molecule has 3 N–H and O–H groups in total. The Morgan fingerprint density at radius 1 is 0.971 bits per heavy atom. The van der Waals surface area contributed by atoms with Crippen molar-refractivity contribution >= 4 is 18.0 Å². The molecule has 0 radical (unpaired) electrons. The van der Waals surface area contributed by atoms with Crippen molar-refractivity contribution in [2.24, 2.45) is 17.3 Å². The summed E-state index contributed by atoms with van der Waals surface area (Å²) in [6, 6.07) is 16.4. The van der Waals surface area contributed by atoms with Gasteiger partial charge in [-0.25, -0.2) is 4.79 Å². The molecule has 0 bridgehead atoms. The Balaban J connectivity index is 1.26. The summed E-state index contributed by atoms with van der Waals surface area (Å²) in [7, 11) is 0. The highest BCUT2D eigenvalue weighted by molar-refractivity contribution is 5.80. The fraction of sp³-hybridized carbons (Fsp3) is 0.464. The first-order chi connectivity index (χ1) is 16.8. The molecule has 0 saturated heterocycles. The zero-order chi connectivity index (χ0) is 25.0. The second-order valence-electron chi connectivity index (χ2n) is 10.2. The predicted molar refractivity (Wildman–Crippen MR) is 133 cm³/mol. The van der Waals surface area contributed by atoms with E-state index in [2.05, 4.69) is 34.9 Å². The summed E-state index contributed by atoms with van der Waals surface area (Å²) in [4.78, 5) is 36.4. The van der Waals surface area contributed by atoms with Gasteiger partial charge in [-0.2, -0.15) is 0 Å². The van der Waals surface area contributed by atoms with Crippen molar-refractivity contribution in [1.82, 2.24) is 10.6 Å². The van der Waals surface area contributed by atoms with E-state index in [0.29, 0.717) is 19.5 Å². The molecular weight excluding hydrogens is 444 g/mol. The van der Waals surface area contributed by atoms with Crippen molar-refractivity contribution in [1.29, 1.82) is 0 Å². The summed E-state index contributed by atoms with van der Waals surface area (Å²) in [6.07, 6.45) is 2.45. The maximum absolute atomic E-state index is 12.7. The number of carboxylic acids is 1. The van der Waals surface area contributed by atoms with Crippen molar-refractivity contribution in [3.63, 3.8) is 0 Å². The highest BCUT2D eigenvalue weighted by Gasteiger charge is 2.34. The summed E-state index contributed by atoms with van der Waals surface area (Å²) < 4.78 is 5.61. The standard InChI is InChI=1S/C28H34N2O5/c1-28(2,26(32)33)14-15-29-25(31)19-13-7-8-18(19)16-30-27(34)35-17-24-22-11-5-3-9-20(22)21-10-4-6-12-23(21)24/h3-6,9-12,18-19,24H,7-8,13-17H2,1-2H3,(H,29,31)(H,30,34)(H,32,33)/t18-,19-/m0/s1. The van der Waals surface area contributed by atoms with Gasteiger partial charge in [0.25, 0.3) is 0 Å². The second-order valence-corrected chi connectivity index (χ2v) is 10.2. The van der Waals surface area contributed by atoms with Gasteiger partial charge in [0.15, 0.2) is 0 Å². The predicted octanol–water partition coefficient (Wildman–Crippen LogP) is 4.56. The molecule has 1 saturated carbocycles. The molecule has 0 aromatic heterocycles. The number of amides is 2. The number of alkyl carbamates (subject to hydrolysis) is 1. The van der Waals surface area contributed by atoms with E-state index >= 15 is 0 Å². The molecule has 7 heteroatoms. The largest absolute Gasteiger partial charge is 0.481 e. The van der Waals surface area contributed by atoms with Crippen LogP contribution in [0.2, 0.25) is 0 Å². The van der Waals surface area contributed by atoms with E-state index in [9.17, 15) is 19.5 Å². The van der Waals surface area contributed by atoms with Gasteiger partial charge in [-0.15, -0.1) is 0 Å². The van der Waals surface area contributed by atoms with Gasteiger partial charge in [-0.1, -0.05) is 55.0 Å². The van der Waals surface area contributed by atoms with Gasteiger partial charge in [0.05, 0.1) is 5.41 Å². The maximum Gasteiger partial charge on any atom is 0.407 e. The second kappa shape index (κ2) is 10.5. The molecule has 2 aliphatic carbocycles. The lowest BCUT2D eigenvalue weighted by atomic mass is 9.89. The molecule has 2 atom stereocenters. The van der Waals surface area contributed by atoms with Gasteiger partial charge in [-0.3, -0.25) is 9.59 Å². The summed E-state index contributed by atoms with van der Waals surface area (Å²) in [5.41, 5.74) is 3.82. The van der Waals surface area contributed by atoms with Crippen molar-refractivity contribution in [3.8, 4) is 11.1 Å². The average molecular weight is 479 g/mol. The number of nitrogens with one attached hydrogen (secondary N) is 2. The lowest BCUT2D eigenvalue weighted by Crippen LogP contribution is -2.39. The molecule has 1 fully saturated rings. The number of benzene rings is 2. The molecule has 0 heterocycles. The number of carbonyl (C=O) groups is 3. The van der Waals surface area contributed by atoms with E-state index in [1.165, 1.54) is 22.3 Å². The van der Waals surface area contributed by atoms with Crippen molar-refractivity contribution < 1.29 is 24.2 Å². The van der Waals surface area contributed by atoms with Crippen LogP contribution in [0.25, 0.3) is 11.1 Å². The van der Waals surface area contributed by atoms with Gasteiger partial charge >= 0.3 is 12.1 Å². The number of carbonyl (C=O) groups excluding carboxylic acids is 2. The van der Waals surface area contributed by atoms with E-state index in [-0.39, 0.29) is 30.3 Å². The van der Waals surface area contributed by atoms with E-state index in [4.69, 9.17) is 4.74 Å². The monoisotopic (exact) mass is 478 g/mol. The Morgan fingerprint density at radius 2 is 1.60 bits per heavy atom. The van der Waals surface area contributed by atoms with Gasteiger partial charge in [-0.05, 0) is 61.3 Å². The zero-order valence-electron chi connectivity index (χ0n) is 20.4. The summed E-state index contributed by atoms with van der Waals surface area (Å²) >= 11 is 0. The minimum absolute atomic E-state index is 0.00760. The number of ether oxygens (including phenoxy) is 1. The SMILES string of the molecule is CC(C)(CCNC(=O)[C@H]1CCC[C@H]1CNC(=O)OCC1c2ccccc2-c2ccccc21)C(=O)O. The molecule has 186 valence electrons. The lowest BCUT2D eigenvalue weighted by Gasteiger charge is -2.22. The summed E-state index contributed by atoms with van der Waals surface area (Å²) in [5, 5.41) is 15.0. The summed E-state index contributed by atoms with van der Waals surface area (Å²) in [5.74, 6) is -1.08. The number of fused-ring (bicyclic) bond motifs is 3. The Bertz CT molecular complexity index is 1050. The Hall–Kier alpha value is -3.35. The molecule has 7 nitrogen and oxygen atoms in total. The van der Waals surface area contributed by atoms with E-state index in [1.54, 1.807) is 13.8 Å². The smallest absolute Gasteiger partial charge is 0.407 e. The summed E-state index contributed by atoms with van der Waals surface area (Å²) in [6.45, 7) is 4.26. The van der Waals surface area contributed by atoms with Gasteiger partial charge in [0, 0.05) is 24.9 Å². The molecule has 2 aromatic carbocycles. The quantitative estimate of drug-likeness (QED) is 0.490. The topological polar surface area (TPSA) is 105 Å². The number of hydrogen-bond acceptors (Lipinski definition) is 4. The van der Waals surface area contributed by atoms with E-state index in [0.717, 1.165) is 19.3 Å². The Morgan fingerprint density at radius 3 is 2.23 bits per heavy atom. The minimum Gasteiger partial charge on any atom is -0.481 e. The first kappa shape index (κ1) is 24.8. The Labute approximate surface area is 206 Å². The van der Waals surface area contributed by atoms with Crippen LogP contribution < -0.4 is 10.6 Å². The Kier molecular flexibility index (Phi) is 7.43. The first-order valence-electron chi connectivity index (χ1n) is 12.4. The molecule has 2 aliphatic rings. The molecule has 2 aromatic rings. The molecule has 0 spiro atoms. The van der Waals surface area contributed by atoms with Crippen LogP contribution >= 0.6 is 0 Å². The molecule has 2 amide bonds. The fourth-order valence-electron chi connectivity index (χ4n) is 5.23. The molecule has 4 rings (SSSR count). The van der Waals surface area contributed by atoms with Crippen LogP contribution in [-0.4, -0.2) is 42.8 Å². The molecule has 0 unspecified atom stereocenters. The van der Waals surface area contributed by atoms with Crippen LogP contribution in [0, 0.1) is 17.3 Å². The third-order valence-corrected chi connectivity index (χ3v) is 7.48. The first-order valence-corrected chi connectivity index (χ1v) is 12.4. The molecule has 0 aliphatic heterocycles. The van der Waals surface area contributed by atoms with Crippen molar-refractivity contribution in [2.75, 3.05) is 19.7 Å². The highest BCUT2D eigenvalue weighted by atomic mass is 16.5. The van der Waals surface area contributed by atoms with Gasteiger partial charge in [0.1, 0.15) is 6.61 Å². The number of rotatable bonds is 9.